The van der Waals surface area contributed by atoms with E-state index in [2.05, 4.69) is 70.5 Å². The van der Waals surface area contributed by atoms with Gasteiger partial charge in [0.05, 0.1) is 45.0 Å². The number of cyclic esters (lactones) is 2. The Balaban J connectivity index is 0.000000241. The highest BCUT2D eigenvalue weighted by atomic mass is 28.4. The number of carboxylic acids is 1. The van der Waals surface area contributed by atoms with Gasteiger partial charge in [-0.3, -0.25) is 19.2 Å². The maximum Gasteiger partial charge on any atom is 0.316 e. The zero-order chi connectivity index (χ0) is 39.6. The van der Waals surface area contributed by atoms with Crippen LogP contribution in [0.3, 0.4) is 0 Å². The minimum Gasteiger partial charge on any atom is -0.481 e. The summed E-state index contributed by atoms with van der Waals surface area (Å²) in [5.41, 5.74) is 0. The van der Waals surface area contributed by atoms with Crippen molar-refractivity contribution < 1.29 is 42.6 Å². The minimum atomic E-state index is -2.93. The van der Waals surface area contributed by atoms with Gasteiger partial charge in [-0.2, -0.15) is 0 Å². The topological polar surface area (TPSA) is 125 Å². The zero-order valence-corrected chi connectivity index (χ0v) is 34.2. The Morgan fingerprint density at radius 1 is 0.648 bits per heavy atom. The van der Waals surface area contributed by atoms with Gasteiger partial charge in [-0.15, -0.1) is 0 Å². The van der Waals surface area contributed by atoms with Crippen LogP contribution in [-0.4, -0.2) is 64.9 Å². The Hall–Kier alpha value is -4.69. The molecule has 0 aromatic heterocycles. The number of rotatable bonds is 12. The van der Waals surface area contributed by atoms with Crippen LogP contribution < -0.4 is 20.7 Å². The SMILES string of the molecule is CC(C)(C)[Si](OC1CC(=O)OC(=O)C1)(c1ccccc1)c1ccccc1.COC(=O)C[C@@H](CC(=O)O)O[Si](c1ccccc1)(c1ccccc1)C(C)(C)C. The summed E-state index contributed by atoms with van der Waals surface area (Å²) in [5.74, 6) is -2.51. The molecule has 1 N–H and O–H groups in total. The second kappa shape index (κ2) is 18.1. The van der Waals surface area contributed by atoms with Crippen LogP contribution >= 0.6 is 0 Å². The first-order valence-corrected chi connectivity index (χ1v) is 21.9. The van der Waals surface area contributed by atoms with E-state index in [0.29, 0.717) is 0 Å². The summed E-state index contributed by atoms with van der Waals surface area (Å²) in [4.78, 5) is 47.0. The largest absolute Gasteiger partial charge is 0.481 e. The molecule has 54 heavy (non-hydrogen) atoms. The molecule has 4 aromatic rings. The number of carbonyl (C=O) groups excluding carboxylic acids is 3. The lowest BCUT2D eigenvalue weighted by molar-refractivity contribution is -0.167. The van der Waals surface area contributed by atoms with Gasteiger partial charge in [-0.25, -0.2) is 0 Å². The van der Waals surface area contributed by atoms with Gasteiger partial charge in [0, 0.05) is 0 Å². The molecule has 286 valence electrons. The molecule has 0 saturated carbocycles. The van der Waals surface area contributed by atoms with E-state index in [9.17, 15) is 24.3 Å². The fraction of sp³-hybridized carbons (Fsp3) is 0.349. The number of hydrogen-bond acceptors (Lipinski definition) is 8. The van der Waals surface area contributed by atoms with Gasteiger partial charge in [0.15, 0.2) is 0 Å². The molecule has 0 radical (unpaired) electrons. The molecule has 4 aromatic carbocycles. The Bertz CT molecular complexity index is 1740. The lowest BCUT2D eigenvalue weighted by Crippen LogP contribution is -2.68. The maximum atomic E-state index is 11.9. The Morgan fingerprint density at radius 3 is 1.31 bits per heavy atom. The van der Waals surface area contributed by atoms with Crippen LogP contribution in [0.25, 0.3) is 0 Å². The van der Waals surface area contributed by atoms with Crippen LogP contribution in [0.4, 0.5) is 0 Å². The molecule has 0 amide bonds. The number of hydrogen-bond donors (Lipinski definition) is 1. The van der Waals surface area contributed by atoms with Crippen molar-refractivity contribution in [3.8, 4) is 0 Å². The van der Waals surface area contributed by atoms with Crippen molar-refractivity contribution in [3.05, 3.63) is 121 Å². The second-order valence-electron chi connectivity index (χ2n) is 15.4. The van der Waals surface area contributed by atoms with Gasteiger partial charge in [-0.1, -0.05) is 163 Å². The quantitative estimate of drug-likeness (QED) is 0.109. The number of esters is 3. The highest BCUT2D eigenvalue weighted by Crippen LogP contribution is 2.39. The van der Waals surface area contributed by atoms with E-state index in [0.717, 1.165) is 20.7 Å². The minimum absolute atomic E-state index is 0.104. The van der Waals surface area contributed by atoms with Gasteiger partial charge in [0.2, 0.25) is 0 Å². The van der Waals surface area contributed by atoms with E-state index >= 15 is 0 Å². The summed E-state index contributed by atoms with van der Waals surface area (Å²) in [6, 6.07) is 40.2. The normalized spacial score (nSPS) is 14.6. The average molecular weight is 769 g/mol. The van der Waals surface area contributed by atoms with Crippen molar-refractivity contribution in [3.63, 3.8) is 0 Å². The molecule has 1 atom stereocenters. The number of carboxylic acid groups (broad SMARTS) is 1. The third-order valence-corrected chi connectivity index (χ3v) is 19.7. The van der Waals surface area contributed by atoms with E-state index in [4.69, 9.17) is 13.6 Å². The molecule has 0 spiro atoms. The Kier molecular flexibility index (Phi) is 14.1. The summed E-state index contributed by atoms with van der Waals surface area (Å²) in [6.07, 6.45) is -1.40. The van der Waals surface area contributed by atoms with Crippen molar-refractivity contribution in [1.29, 1.82) is 0 Å². The molecule has 11 heteroatoms. The van der Waals surface area contributed by atoms with Crippen LogP contribution in [0.2, 0.25) is 10.1 Å². The standard InChI is InChI=1S/C22H28O5Si.C21H24O4Si/c1-22(2,3)28(18-11-7-5-8-12-18,19-13-9-6-10-14-19)27-17(15-20(23)24)16-21(25)26-4;1-21(2,3)26(17-10-6-4-7-11-17,18-12-8-5-9-13-18)25-16-14-19(22)24-20(23)15-16/h5-14,17H,15-16H2,1-4H3,(H,23,24);4-13,16H,14-15H2,1-3H3/t17-;/m1./s1. The van der Waals surface area contributed by atoms with Crippen LogP contribution in [0.5, 0.6) is 0 Å². The van der Waals surface area contributed by atoms with Gasteiger partial charge < -0.3 is 23.4 Å². The maximum absolute atomic E-state index is 11.9. The Labute approximate surface area is 320 Å². The number of ether oxygens (including phenoxy) is 2. The predicted octanol–water partition coefficient (Wildman–Crippen LogP) is 5.76. The molecule has 0 unspecified atom stereocenters. The van der Waals surface area contributed by atoms with Crippen molar-refractivity contribution >= 4 is 61.3 Å². The third-order valence-electron chi connectivity index (χ3n) is 9.56. The van der Waals surface area contributed by atoms with Gasteiger partial charge >= 0.3 is 23.9 Å². The lowest BCUT2D eigenvalue weighted by Gasteiger charge is -2.45. The molecule has 1 heterocycles. The third kappa shape index (κ3) is 9.89. The summed E-state index contributed by atoms with van der Waals surface area (Å²) in [7, 11) is -4.39. The van der Waals surface area contributed by atoms with E-state index in [1.54, 1.807) is 0 Å². The van der Waals surface area contributed by atoms with E-state index in [-0.39, 0.29) is 35.8 Å². The van der Waals surface area contributed by atoms with Crippen LogP contribution in [0.15, 0.2) is 121 Å². The van der Waals surface area contributed by atoms with Crippen LogP contribution in [-0.2, 0) is 37.5 Å². The summed E-state index contributed by atoms with van der Waals surface area (Å²) < 4.78 is 23.0. The van der Waals surface area contributed by atoms with Crippen molar-refractivity contribution in [2.45, 2.75) is 89.5 Å². The fourth-order valence-corrected chi connectivity index (χ4v) is 16.6. The summed E-state index contributed by atoms with van der Waals surface area (Å²) >= 11 is 0. The molecule has 0 bridgehead atoms. The molecule has 1 aliphatic heterocycles. The first-order valence-electron chi connectivity index (χ1n) is 18.1. The molecule has 1 saturated heterocycles. The Morgan fingerprint density at radius 2 is 1.00 bits per heavy atom. The lowest BCUT2D eigenvalue weighted by atomic mass is 10.1. The molecular formula is C43H52O9Si2. The average Bonchev–Trinajstić information content (AvgIpc) is 3.13. The monoisotopic (exact) mass is 768 g/mol. The van der Waals surface area contributed by atoms with E-state index < -0.39 is 52.7 Å². The van der Waals surface area contributed by atoms with Gasteiger partial charge in [0.25, 0.3) is 16.6 Å². The first kappa shape index (κ1) is 42.1. The molecule has 5 rings (SSSR count). The second-order valence-corrected chi connectivity index (χ2v) is 23.9. The number of carbonyl (C=O) groups is 4. The van der Waals surface area contributed by atoms with Crippen LogP contribution in [0, 0.1) is 0 Å². The summed E-state index contributed by atoms with van der Waals surface area (Å²) in [6.45, 7) is 12.8. The number of aliphatic carboxylic acids is 1. The first-order chi connectivity index (χ1) is 25.5. The molecule has 1 fully saturated rings. The van der Waals surface area contributed by atoms with E-state index in [1.165, 1.54) is 7.11 Å². The van der Waals surface area contributed by atoms with Gasteiger partial charge in [-0.05, 0) is 30.8 Å². The fourth-order valence-electron chi connectivity index (χ4n) is 7.24. The van der Waals surface area contributed by atoms with Gasteiger partial charge in [0.1, 0.15) is 0 Å². The highest BCUT2D eigenvalue weighted by molar-refractivity contribution is 7.00. The van der Waals surface area contributed by atoms with E-state index in [1.807, 2.05) is 97.1 Å². The molecule has 1 aliphatic rings. The molecule has 0 aliphatic carbocycles. The summed E-state index contributed by atoms with van der Waals surface area (Å²) in [5, 5.41) is 13.2. The molecule has 9 nitrogen and oxygen atoms in total. The predicted molar refractivity (Wildman–Crippen MR) is 214 cm³/mol. The number of benzene rings is 4. The zero-order valence-electron chi connectivity index (χ0n) is 32.2. The highest BCUT2D eigenvalue weighted by Gasteiger charge is 2.53. The van der Waals surface area contributed by atoms with Crippen LogP contribution in [0.1, 0.15) is 67.2 Å². The van der Waals surface area contributed by atoms with Crippen molar-refractivity contribution in [1.82, 2.24) is 0 Å². The number of methoxy groups -OCH3 is 1. The van der Waals surface area contributed by atoms with Crippen molar-refractivity contribution in [2.24, 2.45) is 0 Å². The smallest absolute Gasteiger partial charge is 0.316 e. The van der Waals surface area contributed by atoms with Crippen molar-refractivity contribution in [2.75, 3.05) is 7.11 Å². The molecular weight excluding hydrogens is 717 g/mol.